The predicted octanol–water partition coefficient (Wildman–Crippen LogP) is 3.34. The molecule has 0 bridgehead atoms. The Kier molecular flexibility index (Phi) is 4.85. The molecule has 0 aliphatic rings. The molecule has 0 radical (unpaired) electrons. The number of sulfonamides is 1. The van der Waals surface area contributed by atoms with Crippen molar-refractivity contribution >= 4 is 43.0 Å². The molecule has 1 aromatic carbocycles. The first kappa shape index (κ1) is 15.5. The van der Waals surface area contributed by atoms with Gasteiger partial charge in [0.2, 0.25) is 0 Å². The van der Waals surface area contributed by atoms with Crippen LogP contribution in [0.25, 0.3) is 0 Å². The number of hydrogen-bond donors (Lipinski definition) is 2. The maximum Gasteiger partial charge on any atom is 0.263 e. The van der Waals surface area contributed by atoms with Crippen LogP contribution >= 0.6 is 27.3 Å². The molecule has 1 heterocycles. The highest BCUT2D eigenvalue weighted by molar-refractivity contribution is 9.10. The van der Waals surface area contributed by atoms with E-state index in [4.69, 9.17) is 0 Å². The van der Waals surface area contributed by atoms with Crippen LogP contribution in [0.15, 0.2) is 39.0 Å². The number of halogens is 1. The van der Waals surface area contributed by atoms with Gasteiger partial charge in [-0.2, -0.15) is 0 Å². The summed E-state index contributed by atoms with van der Waals surface area (Å²) in [6, 6.07) is 7.12. The summed E-state index contributed by atoms with van der Waals surface area (Å²) in [4.78, 5) is 1.12. The van der Waals surface area contributed by atoms with Crippen LogP contribution in [0, 0.1) is 6.92 Å². The first-order valence-corrected chi connectivity index (χ1v) is 9.09. The lowest BCUT2D eigenvalue weighted by atomic mass is 10.2. The molecule has 1 aromatic heterocycles. The molecule has 4 nitrogen and oxygen atoms in total. The lowest BCUT2D eigenvalue weighted by Crippen LogP contribution is -2.16. The Morgan fingerprint density at radius 3 is 2.70 bits per heavy atom. The molecular formula is C13H15BrN2O2S2. The summed E-state index contributed by atoms with van der Waals surface area (Å²) >= 11 is 4.80. The molecule has 2 aromatic rings. The molecular weight excluding hydrogens is 360 g/mol. The first-order chi connectivity index (χ1) is 9.44. The molecule has 0 spiro atoms. The third-order valence-electron chi connectivity index (χ3n) is 2.70. The minimum Gasteiger partial charge on any atom is -0.315 e. The fraction of sp³-hybridized carbons (Fsp3) is 0.231. The van der Waals surface area contributed by atoms with E-state index in [9.17, 15) is 8.42 Å². The average molecular weight is 375 g/mol. The quantitative estimate of drug-likeness (QED) is 0.843. The predicted molar refractivity (Wildman–Crippen MR) is 86.8 cm³/mol. The first-order valence-electron chi connectivity index (χ1n) is 5.94. The zero-order valence-electron chi connectivity index (χ0n) is 11.1. The minimum atomic E-state index is -3.57. The van der Waals surface area contributed by atoms with Gasteiger partial charge in [-0.3, -0.25) is 4.72 Å². The van der Waals surface area contributed by atoms with Crippen LogP contribution < -0.4 is 10.0 Å². The van der Waals surface area contributed by atoms with Crippen LogP contribution in [-0.4, -0.2) is 15.5 Å². The van der Waals surface area contributed by atoms with E-state index in [1.807, 2.05) is 19.1 Å². The molecule has 20 heavy (non-hydrogen) atoms. The lowest BCUT2D eigenvalue weighted by Gasteiger charge is -2.11. The molecule has 108 valence electrons. The molecule has 7 heteroatoms. The Morgan fingerprint density at radius 1 is 1.30 bits per heavy atom. The largest absolute Gasteiger partial charge is 0.315 e. The monoisotopic (exact) mass is 374 g/mol. The molecule has 0 fully saturated rings. The van der Waals surface area contributed by atoms with E-state index in [0.29, 0.717) is 17.1 Å². The van der Waals surface area contributed by atoms with E-state index in [0.717, 1.165) is 14.9 Å². The van der Waals surface area contributed by atoms with E-state index < -0.39 is 10.0 Å². The van der Waals surface area contributed by atoms with Gasteiger partial charge >= 0.3 is 0 Å². The maximum atomic E-state index is 12.4. The third kappa shape index (κ3) is 3.41. The topological polar surface area (TPSA) is 58.2 Å². The highest BCUT2D eigenvalue weighted by Crippen LogP contribution is 2.28. The van der Waals surface area contributed by atoms with E-state index in [-0.39, 0.29) is 0 Å². The second-order valence-corrected chi connectivity index (χ2v) is 7.83. The van der Waals surface area contributed by atoms with Crippen LogP contribution in [-0.2, 0) is 16.6 Å². The van der Waals surface area contributed by atoms with Crippen molar-refractivity contribution in [3.8, 4) is 0 Å². The van der Waals surface area contributed by atoms with Gasteiger partial charge in [0.05, 0.1) is 5.69 Å². The van der Waals surface area contributed by atoms with Crippen molar-refractivity contribution in [2.45, 2.75) is 18.4 Å². The van der Waals surface area contributed by atoms with E-state index in [1.165, 1.54) is 11.3 Å². The second kappa shape index (κ2) is 6.26. The number of rotatable bonds is 5. The van der Waals surface area contributed by atoms with Crippen LogP contribution in [0.1, 0.15) is 10.4 Å². The van der Waals surface area contributed by atoms with Gasteiger partial charge in [-0.1, -0.05) is 6.07 Å². The zero-order chi connectivity index (χ0) is 14.8. The smallest absolute Gasteiger partial charge is 0.263 e. The van der Waals surface area contributed by atoms with Crippen LogP contribution in [0.2, 0.25) is 0 Å². The molecule has 0 saturated carbocycles. The van der Waals surface area contributed by atoms with Crippen LogP contribution in [0.4, 0.5) is 5.69 Å². The highest BCUT2D eigenvalue weighted by atomic mass is 79.9. The minimum absolute atomic E-state index is 0.323. The number of hydrogen-bond acceptors (Lipinski definition) is 4. The summed E-state index contributed by atoms with van der Waals surface area (Å²) < 4.78 is 28.2. The van der Waals surface area contributed by atoms with Crippen LogP contribution in [0.3, 0.4) is 0 Å². The van der Waals surface area contributed by atoms with Crippen molar-refractivity contribution < 1.29 is 8.42 Å². The van der Waals surface area contributed by atoms with E-state index in [2.05, 4.69) is 26.0 Å². The SMILES string of the molecule is CNCc1sccc1S(=O)(=O)Nc1ccc(C)cc1Br. The average Bonchev–Trinajstić information content (AvgIpc) is 2.82. The highest BCUT2D eigenvalue weighted by Gasteiger charge is 2.20. The molecule has 2 N–H and O–H groups in total. The Bertz CT molecular complexity index is 711. The van der Waals surface area contributed by atoms with Crippen molar-refractivity contribution in [1.82, 2.24) is 5.32 Å². The standard InChI is InChI=1S/C13H15BrN2O2S2/c1-9-3-4-11(10(14)7-9)16-20(17,18)13-5-6-19-12(13)8-15-2/h3-7,15-16H,8H2,1-2H3. The second-order valence-electron chi connectivity index (χ2n) is 4.33. The Hall–Kier alpha value is -0.890. The third-order valence-corrected chi connectivity index (χ3v) is 5.86. The number of thiophene rings is 1. The van der Waals surface area contributed by atoms with Gasteiger partial charge in [-0.05, 0) is 59.0 Å². The lowest BCUT2D eigenvalue weighted by molar-refractivity contribution is 0.600. The Balaban J connectivity index is 2.33. The van der Waals surface area contributed by atoms with Crippen molar-refractivity contribution in [3.05, 3.63) is 44.6 Å². The fourth-order valence-electron chi connectivity index (χ4n) is 1.76. The van der Waals surface area contributed by atoms with Gasteiger partial charge in [-0.25, -0.2) is 8.42 Å². The molecule has 0 unspecified atom stereocenters. The summed E-state index contributed by atoms with van der Waals surface area (Å²) in [5.41, 5.74) is 1.60. The number of nitrogens with one attached hydrogen (secondary N) is 2. The summed E-state index contributed by atoms with van der Waals surface area (Å²) in [6.45, 7) is 2.48. The molecule has 0 amide bonds. The van der Waals surface area contributed by atoms with Gasteiger partial charge in [0.25, 0.3) is 10.0 Å². The zero-order valence-corrected chi connectivity index (χ0v) is 14.3. The van der Waals surface area contributed by atoms with Gasteiger partial charge in [-0.15, -0.1) is 11.3 Å². The normalized spacial score (nSPS) is 11.6. The molecule has 0 aliphatic heterocycles. The van der Waals surface area contributed by atoms with Crippen LogP contribution in [0.5, 0.6) is 0 Å². The molecule has 0 aliphatic carbocycles. The summed E-state index contributed by atoms with van der Waals surface area (Å²) in [7, 11) is -1.78. The summed E-state index contributed by atoms with van der Waals surface area (Å²) in [6.07, 6.45) is 0. The van der Waals surface area contributed by atoms with Crippen molar-refractivity contribution in [3.63, 3.8) is 0 Å². The van der Waals surface area contributed by atoms with Crippen molar-refractivity contribution in [2.75, 3.05) is 11.8 Å². The number of benzene rings is 1. The number of aryl methyl sites for hydroxylation is 1. The molecule has 0 atom stereocenters. The van der Waals surface area contributed by atoms with Gasteiger partial charge < -0.3 is 5.32 Å². The molecule has 0 saturated heterocycles. The van der Waals surface area contributed by atoms with Gasteiger partial charge in [0, 0.05) is 15.9 Å². The maximum absolute atomic E-state index is 12.4. The van der Waals surface area contributed by atoms with Gasteiger partial charge in [0.1, 0.15) is 4.90 Å². The van der Waals surface area contributed by atoms with Gasteiger partial charge in [0.15, 0.2) is 0 Å². The number of anilines is 1. The summed E-state index contributed by atoms with van der Waals surface area (Å²) in [5.74, 6) is 0. The van der Waals surface area contributed by atoms with Crippen molar-refractivity contribution in [1.29, 1.82) is 0 Å². The Labute approximate surface area is 131 Å². The van der Waals surface area contributed by atoms with E-state index >= 15 is 0 Å². The fourth-order valence-corrected chi connectivity index (χ4v) is 5.02. The Morgan fingerprint density at radius 2 is 2.05 bits per heavy atom. The summed E-state index contributed by atoms with van der Waals surface area (Å²) in [5, 5.41) is 4.76. The van der Waals surface area contributed by atoms with E-state index in [1.54, 1.807) is 24.6 Å². The van der Waals surface area contributed by atoms with Crippen molar-refractivity contribution in [2.24, 2.45) is 0 Å². The molecule has 2 rings (SSSR count).